The van der Waals surface area contributed by atoms with Crippen LogP contribution in [0.3, 0.4) is 0 Å². The number of rotatable bonds is 4. The van der Waals surface area contributed by atoms with Crippen LogP contribution in [0.25, 0.3) is 0 Å². The van der Waals surface area contributed by atoms with Gasteiger partial charge in [-0.25, -0.2) is 0 Å². The third-order valence-electron chi connectivity index (χ3n) is 2.89. The van der Waals surface area contributed by atoms with E-state index >= 15 is 0 Å². The maximum Gasteiger partial charge on any atom is 0.252 e. The Bertz CT molecular complexity index is 614. The summed E-state index contributed by atoms with van der Waals surface area (Å²) >= 11 is 9.15. The van der Waals surface area contributed by atoms with Crippen molar-refractivity contribution in [2.45, 2.75) is 6.42 Å². The van der Waals surface area contributed by atoms with Crippen LogP contribution >= 0.6 is 27.5 Å². The average Bonchev–Trinajstić information content (AvgIpc) is 2.44. The Labute approximate surface area is 131 Å². The molecule has 0 spiro atoms. The van der Waals surface area contributed by atoms with Crippen LogP contribution in [0.5, 0.6) is 0 Å². The lowest BCUT2D eigenvalue weighted by Gasteiger charge is -2.08. The molecule has 0 heterocycles. The van der Waals surface area contributed by atoms with Crippen molar-refractivity contribution in [1.29, 1.82) is 0 Å². The molecule has 0 radical (unpaired) electrons. The summed E-state index contributed by atoms with van der Waals surface area (Å²) in [5.41, 5.74) is 7.97. The largest absolute Gasteiger partial charge is 0.398 e. The number of hydrogen-bond acceptors (Lipinski definition) is 2. The average molecular weight is 354 g/mol. The van der Waals surface area contributed by atoms with Gasteiger partial charge in [0.15, 0.2) is 0 Å². The van der Waals surface area contributed by atoms with Crippen molar-refractivity contribution in [3.05, 3.63) is 63.1 Å². The number of hydrogen-bond donors (Lipinski definition) is 2. The molecule has 5 heteroatoms. The monoisotopic (exact) mass is 352 g/mol. The van der Waals surface area contributed by atoms with E-state index in [-0.39, 0.29) is 5.91 Å². The van der Waals surface area contributed by atoms with E-state index in [1.165, 1.54) is 0 Å². The summed E-state index contributed by atoms with van der Waals surface area (Å²) in [6.07, 6.45) is 0.753. The molecule has 3 nitrogen and oxygen atoms in total. The third-order valence-corrected chi connectivity index (χ3v) is 4.02. The predicted molar refractivity (Wildman–Crippen MR) is 86.0 cm³/mol. The van der Waals surface area contributed by atoms with Gasteiger partial charge in [-0.05, 0) is 52.2 Å². The maximum absolute atomic E-state index is 12.0. The molecule has 104 valence electrons. The van der Waals surface area contributed by atoms with Gasteiger partial charge in [0.1, 0.15) is 0 Å². The van der Waals surface area contributed by atoms with Crippen molar-refractivity contribution < 1.29 is 4.79 Å². The topological polar surface area (TPSA) is 55.1 Å². The fourth-order valence-electron chi connectivity index (χ4n) is 1.79. The smallest absolute Gasteiger partial charge is 0.252 e. The van der Waals surface area contributed by atoms with Gasteiger partial charge >= 0.3 is 0 Å². The van der Waals surface area contributed by atoms with Gasteiger partial charge in [0.05, 0.1) is 10.0 Å². The van der Waals surface area contributed by atoms with E-state index in [4.69, 9.17) is 17.3 Å². The molecule has 0 saturated carbocycles. The van der Waals surface area contributed by atoms with Crippen LogP contribution in [0.15, 0.2) is 46.9 Å². The molecular weight excluding hydrogens is 340 g/mol. The summed E-state index contributed by atoms with van der Waals surface area (Å²) in [5, 5.41) is 3.58. The molecule has 0 aliphatic carbocycles. The Morgan fingerprint density at radius 2 is 1.90 bits per heavy atom. The van der Waals surface area contributed by atoms with Crippen molar-refractivity contribution in [3.8, 4) is 0 Å². The number of anilines is 1. The first-order valence-corrected chi connectivity index (χ1v) is 7.31. The highest BCUT2D eigenvalue weighted by Crippen LogP contribution is 2.23. The third kappa shape index (κ3) is 3.74. The predicted octanol–water partition coefficient (Wildman–Crippen LogP) is 3.66. The van der Waals surface area contributed by atoms with Gasteiger partial charge in [0.2, 0.25) is 0 Å². The van der Waals surface area contributed by atoms with Crippen molar-refractivity contribution in [1.82, 2.24) is 5.32 Å². The quantitative estimate of drug-likeness (QED) is 0.824. The second-order valence-electron chi connectivity index (χ2n) is 4.34. The number of amides is 1. The van der Waals surface area contributed by atoms with E-state index in [1.807, 2.05) is 24.3 Å². The molecule has 0 aromatic heterocycles. The van der Waals surface area contributed by atoms with E-state index in [2.05, 4.69) is 21.2 Å². The Morgan fingerprint density at radius 1 is 1.20 bits per heavy atom. The normalized spacial score (nSPS) is 10.3. The van der Waals surface area contributed by atoms with Crippen LogP contribution in [0.1, 0.15) is 15.9 Å². The van der Waals surface area contributed by atoms with Gasteiger partial charge < -0.3 is 11.1 Å². The summed E-state index contributed by atoms with van der Waals surface area (Å²) < 4.78 is 0.629. The fraction of sp³-hybridized carbons (Fsp3) is 0.133. The molecule has 0 bridgehead atoms. The van der Waals surface area contributed by atoms with E-state index in [9.17, 15) is 4.79 Å². The van der Waals surface area contributed by atoms with Crippen molar-refractivity contribution in [2.24, 2.45) is 0 Å². The first kappa shape index (κ1) is 14.9. The molecule has 0 unspecified atom stereocenters. The van der Waals surface area contributed by atoms with Crippen LogP contribution < -0.4 is 11.1 Å². The molecule has 0 aliphatic rings. The number of halogens is 2. The standard InChI is InChI=1S/C15H14BrClN2O/c16-14-12(2-1-3-13(14)18)15(20)19-9-8-10-4-6-11(17)7-5-10/h1-7H,8-9,18H2,(H,19,20). The first-order valence-electron chi connectivity index (χ1n) is 6.14. The Kier molecular flexibility index (Phi) is 5.04. The first-order chi connectivity index (χ1) is 9.58. The van der Waals surface area contributed by atoms with Crippen LogP contribution in [0.4, 0.5) is 5.69 Å². The molecule has 0 atom stereocenters. The van der Waals surface area contributed by atoms with Gasteiger partial charge in [-0.15, -0.1) is 0 Å². The van der Waals surface area contributed by atoms with Gasteiger partial charge in [-0.2, -0.15) is 0 Å². The van der Waals surface area contributed by atoms with Crippen LogP contribution in [0, 0.1) is 0 Å². The highest BCUT2D eigenvalue weighted by molar-refractivity contribution is 9.10. The van der Waals surface area contributed by atoms with Crippen LogP contribution in [0.2, 0.25) is 5.02 Å². The number of carbonyl (C=O) groups is 1. The summed E-state index contributed by atoms with van der Waals surface area (Å²) in [5.74, 6) is -0.141. The number of nitrogens with one attached hydrogen (secondary N) is 1. The van der Waals surface area contributed by atoms with Crippen LogP contribution in [-0.2, 0) is 6.42 Å². The highest BCUT2D eigenvalue weighted by Gasteiger charge is 2.10. The molecular formula is C15H14BrClN2O. The molecule has 3 N–H and O–H groups in total. The zero-order chi connectivity index (χ0) is 14.5. The van der Waals surface area contributed by atoms with Gasteiger partial charge in [-0.1, -0.05) is 29.8 Å². The van der Waals surface area contributed by atoms with E-state index in [0.29, 0.717) is 27.3 Å². The second-order valence-corrected chi connectivity index (χ2v) is 5.57. The number of nitrogens with two attached hydrogens (primary N) is 1. The lowest BCUT2D eigenvalue weighted by Crippen LogP contribution is -2.26. The minimum atomic E-state index is -0.141. The lowest BCUT2D eigenvalue weighted by molar-refractivity contribution is 0.0953. The van der Waals surface area contributed by atoms with Crippen molar-refractivity contribution >= 4 is 39.1 Å². The zero-order valence-corrected chi connectivity index (χ0v) is 13.0. The summed E-state index contributed by atoms with van der Waals surface area (Å²) in [6.45, 7) is 0.557. The minimum absolute atomic E-state index is 0.141. The van der Waals surface area contributed by atoms with Gasteiger partial charge in [-0.3, -0.25) is 4.79 Å². The lowest BCUT2D eigenvalue weighted by atomic mass is 10.1. The molecule has 20 heavy (non-hydrogen) atoms. The molecule has 2 aromatic rings. The fourth-order valence-corrected chi connectivity index (χ4v) is 2.36. The number of benzene rings is 2. The Morgan fingerprint density at radius 3 is 2.60 bits per heavy atom. The van der Waals surface area contributed by atoms with Gasteiger partial charge in [0.25, 0.3) is 5.91 Å². The SMILES string of the molecule is Nc1cccc(C(=O)NCCc2ccc(Cl)cc2)c1Br. The number of nitrogen functional groups attached to an aromatic ring is 1. The van der Waals surface area contributed by atoms with Crippen LogP contribution in [-0.4, -0.2) is 12.5 Å². The summed E-state index contributed by atoms with van der Waals surface area (Å²) in [6, 6.07) is 12.8. The van der Waals surface area contributed by atoms with Crippen molar-refractivity contribution in [2.75, 3.05) is 12.3 Å². The minimum Gasteiger partial charge on any atom is -0.398 e. The number of carbonyl (C=O) groups excluding carboxylic acids is 1. The van der Waals surface area contributed by atoms with E-state index in [0.717, 1.165) is 12.0 Å². The zero-order valence-electron chi connectivity index (χ0n) is 10.7. The summed E-state index contributed by atoms with van der Waals surface area (Å²) in [7, 11) is 0. The Balaban J connectivity index is 1.92. The summed E-state index contributed by atoms with van der Waals surface area (Å²) in [4.78, 5) is 12.0. The molecule has 2 aromatic carbocycles. The Hall–Kier alpha value is -1.52. The van der Waals surface area contributed by atoms with Crippen molar-refractivity contribution in [3.63, 3.8) is 0 Å². The highest BCUT2D eigenvalue weighted by atomic mass is 79.9. The molecule has 2 rings (SSSR count). The molecule has 0 fully saturated rings. The maximum atomic E-state index is 12.0. The van der Waals surface area contributed by atoms with E-state index < -0.39 is 0 Å². The van der Waals surface area contributed by atoms with E-state index in [1.54, 1.807) is 18.2 Å². The van der Waals surface area contributed by atoms with Gasteiger partial charge in [0, 0.05) is 17.3 Å². The molecule has 0 aliphatic heterocycles. The molecule has 0 saturated heterocycles. The second kappa shape index (κ2) is 6.77. The molecule has 1 amide bonds.